The molecule has 0 saturated heterocycles. The molecule has 2 aromatic rings. The SMILES string of the molecule is COc1ccc(C(=O)NN=C(C)c2cccc(I)c2)cc1. The van der Waals surface area contributed by atoms with Crippen molar-refractivity contribution in [1.29, 1.82) is 0 Å². The number of rotatable bonds is 4. The van der Waals surface area contributed by atoms with Crippen molar-refractivity contribution in [2.24, 2.45) is 5.10 Å². The second kappa shape index (κ2) is 7.21. The molecule has 0 spiro atoms. The Balaban J connectivity index is 2.06. The minimum Gasteiger partial charge on any atom is -0.497 e. The van der Waals surface area contributed by atoms with Crippen LogP contribution in [0.2, 0.25) is 0 Å². The van der Waals surface area contributed by atoms with Crippen LogP contribution in [0.1, 0.15) is 22.8 Å². The summed E-state index contributed by atoms with van der Waals surface area (Å²) in [7, 11) is 1.59. The molecule has 0 aliphatic rings. The third-order valence-corrected chi connectivity index (χ3v) is 3.59. The van der Waals surface area contributed by atoms with Crippen molar-refractivity contribution in [2.45, 2.75) is 6.92 Å². The topological polar surface area (TPSA) is 50.7 Å². The Morgan fingerprint density at radius 3 is 2.48 bits per heavy atom. The van der Waals surface area contributed by atoms with Gasteiger partial charge >= 0.3 is 0 Å². The van der Waals surface area contributed by atoms with E-state index in [2.05, 4.69) is 33.1 Å². The van der Waals surface area contributed by atoms with E-state index in [1.165, 1.54) is 0 Å². The van der Waals surface area contributed by atoms with Crippen LogP contribution < -0.4 is 10.2 Å². The molecule has 0 saturated carbocycles. The molecular weight excluding hydrogens is 379 g/mol. The normalized spacial score (nSPS) is 11.1. The quantitative estimate of drug-likeness (QED) is 0.491. The van der Waals surface area contributed by atoms with E-state index in [0.29, 0.717) is 11.3 Å². The molecule has 2 rings (SSSR count). The molecular formula is C16H15IN2O2. The number of hydrogen-bond acceptors (Lipinski definition) is 3. The molecule has 2 aromatic carbocycles. The van der Waals surface area contributed by atoms with E-state index < -0.39 is 0 Å². The molecule has 1 N–H and O–H groups in total. The molecule has 0 unspecified atom stereocenters. The number of halogens is 1. The summed E-state index contributed by atoms with van der Waals surface area (Å²) < 4.78 is 6.18. The summed E-state index contributed by atoms with van der Waals surface area (Å²) in [6.45, 7) is 1.86. The maximum absolute atomic E-state index is 12.0. The molecule has 1 amide bonds. The van der Waals surface area contributed by atoms with Gasteiger partial charge in [0.1, 0.15) is 5.75 Å². The molecule has 21 heavy (non-hydrogen) atoms. The zero-order valence-electron chi connectivity index (χ0n) is 11.8. The monoisotopic (exact) mass is 394 g/mol. The molecule has 0 fully saturated rings. The lowest BCUT2D eigenvalue weighted by Crippen LogP contribution is -2.19. The van der Waals surface area contributed by atoms with Crippen molar-refractivity contribution >= 4 is 34.2 Å². The van der Waals surface area contributed by atoms with Gasteiger partial charge in [-0.15, -0.1) is 0 Å². The average molecular weight is 394 g/mol. The Bertz CT molecular complexity index is 666. The minimum atomic E-state index is -0.248. The van der Waals surface area contributed by atoms with Crippen LogP contribution in [-0.2, 0) is 0 Å². The first-order valence-corrected chi connectivity index (χ1v) is 7.42. The van der Waals surface area contributed by atoms with E-state index in [4.69, 9.17) is 4.74 Å². The van der Waals surface area contributed by atoms with Crippen molar-refractivity contribution in [1.82, 2.24) is 5.43 Å². The summed E-state index contributed by atoms with van der Waals surface area (Å²) in [5, 5.41) is 4.14. The van der Waals surface area contributed by atoms with E-state index >= 15 is 0 Å². The molecule has 0 radical (unpaired) electrons. The summed E-state index contributed by atoms with van der Waals surface area (Å²) >= 11 is 2.24. The van der Waals surface area contributed by atoms with Crippen LogP contribution in [0.15, 0.2) is 53.6 Å². The smallest absolute Gasteiger partial charge is 0.271 e. The lowest BCUT2D eigenvalue weighted by Gasteiger charge is -2.04. The maximum atomic E-state index is 12.0. The fraction of sp³-hybridized carbons (Fsp3) is 0.125. The van der Waals surface area contributed by atoms with Crippen molar-refractivity contribution in [2.75, 3.05) is 7.11 Å². The van der Waals surface area contributed by atoms with Gasteiger partial charge in [0.15, 0.2) is 0 Å². The van der Waals surface area contributed by atoms with Crippen molar-refractivity contribution in [3.05, 3.63) is 63.2 Å². The third kappa shape index (κ3) is 4.29. The predicted molar refractivity (Wildman–Crippen MR) is 91.8 cm³/mol. The number of methoxy groups -OCH3 is 1. The minimum absolute atomic E-state index is 0.248. The van der Waals surface area contributed by atoms with Crippen molar-refractivity contribution in [3.8, 4) is 5.75 Å². The van der Waals surface area contributed by atoms with Crippen LogP contribution in [0, 0.1) is 3.57 Å². The Hall–Kier alpha value is -1.89. The molecule has 0 bridgehead atoms. The number of carbonyl (C=O) groups is 1. The van der Waals surface area contributed by atoms with Crippen LogP contribution in [0.5, 0.6) is 5.75 Å². The van der Waals surface area contributed by atoms with Crippen LogP contribution >= 0.6 is 22.6 Å². The standard InChI is InChI=1S/C16H15IN2O2/c1-11(13-4-3-5-14(17)10-13)18-19-16(20)12-6-8-15(21-2)9-7-12/h3-10H,1-2H3,(H,19,20). The second-order valence-corrected chi connectivity index (χ2v) is 5.62. The Morgan fingerprint density at radius 1 is 1.14 bits per heavy atom. The first-order chi connectivity index (χ1) is 10.1. The highest BCUT2D eigenvalue weighted by atomic mass is 127. The number of hydrogen-bond donors (Lipinski definition) is 1. The van der Waals surface area contributed by atoms with Crippen LogP contribution in [0.25, 0.3) is 0 Å². The van der Waals surface area contributed by atoms with Gasteiger partial charge in [-0.3, -0.25) is 4.79 Å². The number of hydrazone groups is 1. The first-order valence-electron chi connectivity index (χ1n) is 6.35. The highest BCUT2D eigenvalue weighted by Gasteiger charge is 2.05. The fourth-order valence-corrected chi connectivity index (χ4v) is 2.26. The van der Waals surface area contributed by atoms with Gasteiger partial charge in [0.05, 0.1) is 12.8 Å². The van der Waals surface area contributed by atoms with Gasteiger partial charge < -0.3 is 4.74 Å². The largest absolute Gasteiger partial charge is 0.497 e. The van der Waals surface area contributed by atoms with Gasteiger partial charge in [-0.05, 0) is 71.5 Å². The average Bonchev–Trinajstić information content (AvgIpc) is 2.52. The van der Waals surface area contributed by atoms with Crippen molar-refractivity contribution in [3.63, 3.8) is 0 Å². The van der Waals surface area contributed by atoms with E-state index in [9.17, 15) is 4.79 Å². The first kappa shape index (κ1) is 15.5. The van der Waals surface area contributed by atoms with Crippen LogP contribution in [0.4, 0.5) is 0 Å². The molecule has 0 aliphatic carbocycles. The molecule has 108 valence electrons. The maximum Gasteiger partial charge on any atom is 0.271 e. The van der Waals surface area contributed by atoms with Gasteiger partial charge in [0, 0.05) is 9.13 Å². The van der Waals surface area contributed by atoms with Crippen LogP contribution in [-0.4, -0.2) is 18.7 Å². The van der Waals surface area contributed by atoms with E-state index in [1.54, 1.807) is 31.4 Å². The highest BCUT2D eigenvalue weighted by Crippen LogP contribution is 2.11. The Morgan fingerprint density at radius 2 is 1.86 bits per heavy atom. The summed E-state index contributed by atoms with van der Waals surface area (Å²) in [5.74, 6) is 0.465. The fourth-order valence-electron chi connectivity index (χ4n) is 1.72. The number of carbonyl (C=O) groups excluding carboxylic acids is 1. The third-order valence-electron chi connectivity index (χ3n) is 2.92. The molecule has 0 heterocycles. The summed E-state index contributed by atoms with van der Waals surface area (Å²) in [5.41, 5.74) is 4.84. The van der Waals surface area contributed by atoms with E-state index in [1.807, 2.05) is 31.2 Å². The highest BCUT2D eigenvalue weighted by molar-refractivity contribution is 14.1. The molecule has 4 nitrogen and oxygen atoms in total. The van der Waals surface area contributed by atoms with Gasteiger partial charge in [0.2, 0.25) is 0 Å². The van der Waals surface area contributed by atoms with Crippen LogP contribution in [0.3, 0.4) is 0 Å². The molecule has 0 atom stereocenters. The summed E-state index contributed by atoms with van der Waals surface area (Å²) in [4.78, 5) is 12.0. The molecule has 0 aromatic heterocycles. The van der Waals surface area contributed by atoms with E-state index in [-0.39, 0.29) is 5.91 Å². The molecule has 5 heteroatoms. The van der Waals surface area contributed by atoms with Gasteiger partial charge in [0.25, 0.3) is 5.91 Å². The van der Waals surface area contributed by atoms with E-state index in [0.717, 1.165) is 14.8 Å². The number of amides is 1. The summed E-state index contributed by atoms with van der Waals surface area (Å²) in [6.07, 6.45) is 0. The second-order valence-electron chi connectivity index (χ2n) is 4.38. The van der Waals surface area contributed by atoms with Gasteiger partial charge in [-0.2, -0.15) is 5.10 Å². The predicted octanol–water partition coefficient (Wildman–Crippen LogP) is 3.45. The zero-order chi connectivity index (χ0) is 15.2. The Kier molecular flexibility index (Phi) is 5.32. The number of benzene rings is 2. The lowest BCUT2D eigenvalue weighted by atomic mass is 10.1. The zero-order valence-corrected chi connectivity index (χ0v) is 13.9. The van der Waals surface area contributed by atoms with Gasteiger partial charge in [-0.1, -0.05) is 12.1 Å². The Labute approximate surface area is 137 Å². The number of ether oxygens (including phenoxy) is 1. The van der Waals surface area contributed by atoms with Gasteiger partial charge in [-0.25, -0.2) is 5.43 Å². The van der Waals surface area contributed by atoms with Crippen molar-refractivity contribution < 1.29 is 9.53 Å². The summed E-state index contributed by atoms with van der Waals surface area (Å²) in [6, 6.07) is 14.8. The lowest BCUT2D eigenvalue weighted by molar-refractivity contribution is 0.0955. The molecule has 0 aliphatic heterocycles. The number of nitrogens with one attached hydrogen (secondary N) is 1. The number of nitrogens with zero attached hydrogens (tertiary/aromatic N) is 1.